The standard InChI is InChI=1S/C10H17N3O2/c1-4-5-8(6-11)10(15)13(3)7-9(14)12-2/h8H,4-5,7H2,1-3H3,(H,12,14). The van der Waals surface area contributed by atoms with Crippen LogP contribution in [0.5, 0.6) is 0 Å². The van der Waals surface area contributed by atoms with Crippen LogP contribution in [0.4, 0.5) is 0 Å². The van der Waals surface area contributed by atoms with E-state index in [4.69, 9.17) is 5.26 Å². The van der Waals surface area contributed by atoms with Gasteiger partial charge in [0.05, 0.1) is 12.6 Å². The Morgan fingerprint density at radius 1 is 1.53 bits per heavy atom. The van der Waals surface area contributed by atoms with E-state index in [1.165, 1.54) is 19.0 Å². The molecule has 0 aromatic rings. The highest BCUT2D eigenvalue weighted by molar-refractivity contribution is 5.86. The molecule has 84 valence electrons. The monoisotopic (exact) mass is 211 g/mol. The smallest absolute Gasteiger partial charge is 0.240 e. The molecule has 0 spiro atoms. The minimum Gasteiger partial charge on any atom is -0.358 e. The fourth-order valence-electron chi connectivity index (χ4n) is 1.17. The average Bonchev–Trinajstić information content (AvgIpc) is 2.24. The second-order valence-corrected chi connectivity index (χ2v) is 3.34. The number of likely N-dealkylation sites (N-methyl/N-ethyl adjacent to an activating group) is 2. The summed E-state index contributed by atoms with van der Waals surface area (Å²) in [5.41, 5.74) is 0. The van der Waals surface area contributed by atoms with Crippen LogP contribution in [0, 0.1) is 17.2 Å². The lowest BCUT2D eigenvalue weighted by molar-refractivity contribution is -0.136. The van der Waals surface area contributed by atoms with E-state index in [-0.39, 0.29) is 18.4 Å². The zero-order valence-electron chi connectivity index (χ0n) is 9.41. The number of carbonyl (C=O) groups excluding carboxylic acids is 2. The van der Waals surface area contributed by atoms with Gasteiger partial charge in [0.25, 0.3) is 0 Å². The van der Waals surface area contributed by atoms with Crippen molar-refractivity contribution in [3.8, 4) is 6.07 Å². The van der Waals surface area contributed by atoms with Gasteiger partial charge < -0.3 is 10.2 Å². The molecule has 1 N–H and O–H groups in total. The Balaban J connectivity index is 4.29. The van der Waals surface area contributed by atoms with E-state index in [9.17, 15) is 9.59 Å². The Hall–Kier alpha value is -1.57. The SMILES string of the molecule is CCCC(C#N)C(=O)N(C)CC(=O)NC. The van der Waals surface area contributed by atoms with Gasteiger partial charge in [-0.3, -0.25) is 9.59 Å². The number of nitriles is 1. The number of amides is 2. The van der Waals surface area contributed by atoms with Gasteiger partial charge in [-0.15, -0.1) is 0 Å². The van der Waals surface area contributed by atoms with Crippen molar-refractivity contribution in [2.45, 2.75) is 19.8 Å². The third-order valence-corrected chi connectivity index (χ3v) is 2.07. The summed E-state index contributed by atoms with van der Waals surface area (Å²) >= 11 is 0. The molecule has 5 nitrogen and oxygen atoms in total. The fourth-order valence-corrected chi connectivity index (χ4v) is 1.17. The normalized spacial score (nSPS) is 11.3. The first kappa shape index (κ1) is 13.4. The molecule has 0 bridgehead atoms. The van der Waals surface area contributed by atoms with Gasteiger partial charge in [-0.1, -0.05) is 13.3 Å². The van der Waals surface area contributed by atoms with E-state index in [1.807, 2.05) is 13.0 Å². The second-order valence-electron chi connectivity index (χ2n) is 3.34. The molecule has 0 fully saturated rings. The van der Waals surface area contributed by atoms with Gasteiger partial charge in [-0.05, 0) is 6.42 Å². The number of hydrogen-bond donors (Lipinski definition) is 1. The summed E-state index contributed by atoms with van der Waals surface area (Å²) < 4.78 is 0. The van der Waals surface area contributed by atoms with Crippen LogP contribution in [0.25, 0.3) is 0 Å². The number of hydrogen-bond acceptors (Lipinski definition) is 3. The van der Waals surface area contributed by atoms with E-state index >= 15 is 0 Å². The van der Waals surface area contributed by atoms with Crippen LogP contribution in [0.15, 0.2) is 0 Å². The van der Waals surface area contributed by atoms with Crippen molar-refractivity contribution in [3.05, 3.63) is 0 Å². The molecule has 0 aliphatic carbocycles. The summed E-state index contributed by atoms with van der Waals surface area (Å²) in [7, 11) is 3.03. The molecule has 1 atom stereocenters. The Morgan fingerprint density at radius 3 is 2.53 bits per heavy atom. The lowest BCUT2D eigenvalue weighted by atomic mass is 10.0. The molecule has 0 heterocycles. The van der Waals surface area contributed by atoms with E-state index in [0.29, 0.717) is 6.42 Å². The van der Waals surface area contributed by atoms with Gasteiger partial charge in [0, 0.05) is 14.1 Å². The van der Waals surface area contributed by atoms with Crippen LogP contribution in [-0.2, 0) is 9.59 Å². The highest BCUT2D eigenvalue weighted by Crippen LogP contribution is 2.08. The molecule has 15 heavy (non-hydrogen) atoms. The Kier molecular flexibility index (Phi) is 6.11. The largest absolute Gasteiger partial charge is 0.358 e. The predicted molar refractivity (Wildman–Crippen MR) is 55.7 cm³/mol. The van der Waals surface area contributed by atoms with E-state index < -0.39 is 5.92 Å². The maximum atomic E-state index is 11.6. The minimum absolute atomic E-state index is 0.00275. The van der Waals surface area contributed by atoms with Gasteiger partial charge in [-0.2, -0.15) is 5.26 Å². The third-order valence-electron chi connectivity index (χ3n) is 2.07. The van der Waals surface area contributed by atoms with Crippen molar-refractivity contribution >= 4 is 11.8 Å². The van der Waals surface area contributed by atoms with Crippen LogP contribution in [-0.4, -0.2) is 37.4 Å². The van der Waals surface area contributed by atoms with Crippen LogP contribution >= 0.6 is 0 Å². The first-order valence-corrected chi connectivity index (χ1v) is 4.92. The summed E-state index contributed by atoms with van der Waals surface area (Å²) in [5.74, 6) is -1.16. The molecule has 0 rings (SSSR count). The number of nitrogens with zero attached hydrogens (tertiary/aromatic N) is 2. The Labute approximate surface area is 90.0 Å². The number of rotatable bonds is 5. The first-order chi connectivity index (χ1) is 7.06. The van der Waals surface area contributed by atoms with Crippen LogP contribution < -0.4 is 5.32 Å². The topological polar surface area (TPSA) is 73.2 Å². The highest BCUT2D eigenvalue weighted by Gasteiger charge is 2.21. The van der Waals surface area contributed by atoms with Crippen molar-refractivity contribution in [1.82, 2.24) is 10.2 Å². The molecular formula is C10H17N3O2. The van der Waals surface area contributed by atoms with Crippen LogP contribution in [0.1, 0.15) is 19.8 Å². The Bertz CT molecular complexity index is 270. The Morgan fingerprint density at radius 2 is 2.13 bits per heavy atom. The van der Waals surface area contributed by atoms with Crippen molar-refractivity contribution in [2.75, 3.05) is 20.6 Å². The molecule has 1 unspecified atom stereocenters. The predicted octanol–water partition coefficient (Wildman–Crippen LogP) is 0.131. The second kappa shape index (κ2) is 6.82. The summed E-state index contributed by atoms with van der Waals surface area (Å²) in [6, 6.07) is 1.95. The summed E-state index contributed by atoms with van der Waals surface area (Å²) in [5, 5.41) is 11.2. The molecule has 0 aromatic carbocycles. The maximum Gasteiger partial charge on any atom is 0.240 e. The van der Waals surface area contributed by atoms with Gasteiger partial charge in [0.15, 0.2) is 0 Å². The van der Waals surface area contributed by atoms with Crippen LogP contribution in [0.2, 0.25) is 0 Å². The van der Waals surface area contributed by atoms with Gasteiger partial charge in [-0.25, -0.2) is 0 Å². The van der Waals surface area contributed by atoms with Gasteiger partial charge in [0.1, 0.15) is 5.92 Å². The maximum absolute atomic E-state index is 11.6. The molecule has 2 amide bonds. The zero-order chi connectivity index (χ0) is 11.8. The summed E-state index contributed by atoms with van der Waals surface area (Å²) in [6.07, 6.45) is 1.31. The van der Waals surface area contributed by atoms with Crippen molar-refractivity contribution in [1.29, 1.82) is 5.26 Å². The van der Waals surface area contributed by atoms with Crippen LogP contribution in [0.3, 0.4) is 0 Å². The third kappa shape index (κ3) is 4.45. The van der Waals surface area contributed by atoms with E-state index in [0.717, 1.165) is 6.42 Å². The van der Waals surface area contributed by atoms with Crippen molar-refractivity contribution in [3.63, 3.8) is 0 Å². The van der Waals surface area contributed by atoms with Gasteiger partial charge in [0.2, 0.25) is 11.8 Å². The van der Waals surface area contributed by atoms with Crippen molar-refractivity contribution < 1.29 is 9.59 Å². The molecule has 0 aliphatic heterocycles. The summed E-state index contributed by atoms with van der Waals surface area (Å²) in [4.78, 5) is 23.9. The molecule has 5 heteroatoms. The number of carbonyl (C=O) groups is 2. The lowest BCUT2D eigenvalue weighted by Crippen LogP contribution is -2.39. The molecular weight excluding hydrogens is 194 g/mol. The molecule has 0 radical (unpaired) electrons. The highest BCUT2D eigenvalue weighted by atomic mass is 16.2. The quantitative estimate of drug-likeness (QED) is 0.702. The van der Waals surface area contributed by atoms with E-state index in [2.05, 4.69) is 5.32 Å². The average molecular weight is 211 g/mol. The lowest BCUT2D eigenvalue weighted by Gasteiger charge is -2.18. The first-order valence-electron chi connectivity index (χ1n) is 4.92. The zero-order valence-corrected chi connectivity index (χ0v) is 9.41. The molecule has 0 aliphatic rings. The minimum atomic E-state index is -0.635. The fraction of sp³-hybridized carbons (Fsp3) is 0.700. The van der Waals surface area contributed by atoms with E-state index in [1.54, 1.807) is 0 Å². The summed E-state index contributed by atoms with van der Waals surface area (Å²) in [6.45, 7) is 1.91. The van der Waals surface area contributed by atoms with Crippen molar-refractivity contribution in [2.24, 2.45) is 5.92 Å². The number of nitrogens with one attached hydrogen (secondary N) is 1. The molecule has 0 saturated heterocycles. The molecule has 0 aromatic heterocycles. The molecule has 0 saturated carbocycles. The van der Waals surface area contributed by atoms with Gasteiger partial charge >= 0.3 is 0 Å².